The summed E-state index contributed by atoms with van der Waals surface area (Å²) >= 11 is 0. The Kier molecular flexibility index (Phi) is 4.03. The van der Waals surface area contributed by atoms with E-state index in [1.165, 1.54) is 13.0 Å². The summed E-state index contributed by atoms with van der Waals surface area (Å²) in [6, 6.07) is 4.45. The molecule has 1 aliphatic carbocycles. The lowest BCUT2D eigenvalue weighted by Gasteiger charge is -2.29. The van der Waals surface area contributed by atoms with Crippen LogP contribution in [0.1, 0.15) is 37.7 Å². The molecule has 5 heteroatoms. The van der Waals surface area contributed by atoms with E-state index in [-0.39, 0.29) is 5.56 Å². The van der Waals surface area contributed by atoms with Crippen molar-refractivity contribution in [2.45, 2.75) is 39.0 Å². The third-order valence-corrected chi connectivity index (χ3v) is 3.88. The van der Waals surface area contributed by atoms with Gasteiger partial charge in [-0.1, -0.05) is 25.3 Å². The molecule has 0 bridgehead atoms. The summed E-state index contributed by atoms with van der Waals surface area (Å²) in [7, 11) is 0. The third-order valence-electron chi connectivity index (χ3n) is 3.88. The molecule has 106 valence electrons. The molecule has 0 aromatic heterocycles. The topological polar surface area (TPSA) is 52.9 Å². The van der Waals surface area contributed by atoms with Crippen molar-refractivity contribution in [3.63, 3.8) is 0 Å². The van der Waals surface area contributed by atoms with Crippen molar-refractivity contribution in [3.05, 3.63) is 29.3 Å². The Morgan fingerprint density at radius 1 is 1.30 bits per heavy atom. The average molecular weight is 278 g/mol. The Hall–Kier alpha value is -1.96. The van der Waals surface area contributed by atoms with E-state index in [0.29, 0.717) is 12.8 Å². The van der Waals surface area contributed by atoms with Crippen molar-refractivity contribution >= 4 is 11.6 Å². The second-order valence-corrected chi connectivity index (χ2v) is 5.26. The van der Waals surface area contributed by atoms with Crippen molar-refractivity contribution in [2.24, 2.45) is 5.41 Å². The Bertz CT molecular complexity index is 572. The summed E-state index contributed by atoms with van der Waals surface area (Å²) in [5, 5.41) is 11.6. The number of carbonyl (C=O) groups is 1. The molecular weight excluding hydrogens is 262 g/mol. The number of nitrogens with zero attached hydrogens (tertiary/aromatic N) is 1. The first-order valence-corrected chi connectivity index (χ1v) is 6.67. The molecule has 1 N–H and O–H groups in total. The average Bonchev–Trinajstić information content (AvgIpc) is 2.48. The zero-order valence-corrected chi connectivity index (χ0v) is 11.3. The zero-order chi connectivity index (χ0) is 14.8. The van der Waals surface area contributed by atoms with E-state index < -0.39 is 28.6 Å². The van der Waals surface area contributed by atoms with Crippen LogP contribution in [-0.4, -0.2) is 5.91 Å². The molecule has 2 rings (SSSR count). The number of amides is 1. The molecule has 0 unspecified atom stereocenters. The van der Waals surface area contributed by atoms with E-state index in [0.717, 1.165) is 25.3 Å². The summed E-state index contributed by atoms with van der Waals surface area (Å²) in [5.41, 5.74) is -1.38. The van der Waals surface area contributed by atoms with Crippen LogP contribution in [0.3, 0.4) is 0 Å². The number of nitrogens with one attached hydrogen (secondary N) is 1. The van der Waals surface area contributed by atoms with Gasteiger partial charge in [0.25, 0.3) is 0 Å². The lowest BCUT2D eigenvalue weighted by Crippen LogP contribution is -2.37. The van der Waals surface area contributed by atoms with Gasteiger partial charge >= 0.3 is 0 Å². The first-order valence-electron chi connectivity index (χ1n) is 6.67. The Morgan fingerprint density at radius 3 is 2.55 bits per heavy atom. The Balaban J connectivity index is 2.28. The van der Waals surface area contributed by atoms with Crippen LogP contribution >= 0.6 is 0 Å². The number of nitriles is 1. The summed E-state index contributed by atoms with van der Waals surface area (Å²) in [4.78, 5) is 12.3. The predicted octanol–water partition coefficient (Wildman–Crippen LogP) is 3.69. The molecule has 1 aromatic carbocycles. The molecule has 20 heavy (non-hydrogen) atoms. The predicted molar refractivity (Wildman–Crippen MR) is 70.9 cm³/mol. The van der Waals surface area contributed by atoms with Crippen LogP contribution in [0, 0.1) is 35.3 Å². The second-order valence-electron chi connectivity index (χ2n) is 5.26. The van der Waals surface area contributed by atoms with Gasteiger partial charge in [-0.25, -0.2) is 8.78 Å². The van der Waals surface area contributed by atoms with Gasteiger partial charge in [0.05, 0.1) is 6.07 Å². The van der Waals surface area contributed by atoms with Gasteiger partial charge < -0.3 is 5.32 Å². The smallest absolute Gasteiger partial charge is 0.245 e. The van der Waals surface area contributed by atoms with E-state index in [1.54, 1.807) is 0 Å². The minimum atomic E-state index is -1.17. The van der Waals surface area contributed by atoms with E-state index >= 15 is 0 Å². The second kappa shape index (κ2) is 5.58. The largest absolute Gasteiger partial charge is 0.320 e. The highest BCUT2D eigenvalue weighted by Gasteiger charge is 2.40. The van der Waals surface area contributed by atoms with Crippen LogP contribution < -0.4 is 5.32 Å². The molecule has 1 aliphatic rings. The van der Waals surface area contributed by atoms with E-state index in [9.17, 15) is 18.8 Å². The maximum Gasteiger partial charge on any atom is 0.245 e. The van der Waals surface area contributed by atoms with Crippen molar-refractivity contribution in [3.8, 4) is 6.07 Å². The number of rotatable bonds is 2. The first kappa shape index (κ1) is 14.4. The van der Waals surface area contributed by atoms with E-state index in [1.807, 2.05) is 6.07 Å². The van der Waals surface area contributed by atoms with Crippen molar-refractivity contribution in [1.29, 1.82) is 5.26 Å². The molecule has 3 nitrogen and oxygen atoms in total. The molecule has 0 heterocycles. The maximum atomic E-state index is 13.9. The van der Waals surface area contributed by atoms with Gasteiger partial charge in [0.2, 0.25) is 5.91 Å². The molecule has 1 saturated carbocycles. The van der Waals surface area contributed by atoms with Gasteiger partial charge in [-0.15, -0.1) is 0 Å². The van der Waals surface area contributed by atoms with Gasteiger partial charge in [-0.05, 0) is 31.4 Å². The molecule has 0 aliphatic heterocycles. The number of carbonyl (C=O) groups excluding carboxylic acids is 1. The van der Waals surface area contributed by atoms with Crippen LogP contribution in [0.15, 0.2) is 12.1 Å². The molecular formula is C15H16F2N2O. The van der Waals surface area contributed by atoms with Gasteiger partial charge in [-0.3, -0.25) is 4.79 Å². The standard InChI is InChI=1S/C15H16F2N2O/c1-10-5-6-11(16)13(12(10)17)19-14(20)15(9-18)7-3-2-4-8-15/h5-6H,2-4,7-8H2,1H3,(H,19,20). The third kappa shape index (κ3) is 2.51. The molecule has 0 spiro atoms. The maximum absolute atomic E-state index is 13.9. The van der Waals surface area contributed by atoms with Crippen molar-refractivity contribution in [2.75, 3.05) is 5.32 Å². The number of anilines is 1. The van der Waals surface area contributed by atoms with E-state index in [2.05, 4.69) is 5.32 Å². The number of halogens is 2. The highest BCUT2D eigenvalue weighted by molar-refractivity contribution is 5.97. The summed E-state index contributed by atoms with van der Waals surface area (Å²) < 4.78 is 27.5. The van der Waals surface area contributed by atoms with Gasteiger partial charge in [0, 0.05) is 0 Å². The quantitative estimate of drug-likeness (QED) is 0.897. The van der Waals surface area contributed by atoms with Crippen LogP contribution in [0.4, 0.5) is 14.5 Å². The van der Waals surface area contributed by atoms with Crippen LogP contribution in [-0.2, 0) is 4.79 Å². The summed E-state index contributed by atoms with van der Waals surface area (Å²) in [5.74, 6) is -2.23. The van der Waals surface area contributed by atoms with Crippen molar-refractivity contribution < 1.29 is 13.6 Å². The van der Waals surface area contributed by atoms with Crippen LogP contribution in [0.25, 0.3) is 0 Å². The lowest BCUT2D eigenvalue weighted by atomic mass is 9.74. The van der Waals surface area contributed by atoms with Crippen LogP contribution in [0.2, 0.25) is 0 Å². The monoisotopic (exact) mass is 278 g/mol. The highest BCUT2D eigenvalue weighted by Crippen LogP contribution is 2.37. The van der Waals surface area contributed by atoms with Gasteiger partial charge in [0.1, 0.15) is 16.9 Å². The van der Waals surface area contributed by atoms with Gasteiger partial charge in [0.15, 0.2) is 5.82 Å². The molecule has 0 atom stereocenters. The molecule has 1 amide bonds. The molecule has 0 saturated heterocycles. The van der Waals surface area contributed by atoms with E-state index in [4.69, 9.17) is 0 Å². The highest BCUT2D eigenvalue weighted by atomic mass is 19.1. The normalized spacial score (nSPS) is 17.3. The molecule has 1 fully saturated rings. The number of aryl methyl sites for hydroxylation is 1. The van der Waals surface area contributed by atoms with Crippen LogP contribution in [0.5, 0.6) is 0 Å². The zero-order valence-electron chi connectivity index (χ0n) is 11.3. The summed E-state index contributed by atoms with van der Waals surface area (Å²) in [6.07, 6.45) is 3.40. The minimum Gasteiger partial charge on any atom is -0.320 e. The molecule has 0 radical (unpaired) electrons. The minimum absolute atomic E-state index is 0.247. The fourth-order valence-electron chi connectivity index (χ4n) is 2.55. The number of benzene rings is 1. The lowest BCUT2D eigenvalue weighted by molar-refractivity contribution is -0.124. The number of hydrogen-bond acceptors (Lipinski definition) is 2. The van der Waals surface area contributed by atoms with Gasteiger partial charge in [-0.2, -0.15) is 5.26 Å². The Morgan fingerprint density at radius 2 is 1.95 bits per heavy atom. The fourth-order valence-corrected chi connectivity index (χ4v) is 2.55. The first-order chi connectivity index (χ1) is 9.50. The fraction of sp³-hybridized carbons (Fsp3) is 0.467. The molecule has 1 aromatic rings. The number of hydrogen-bond donors (Lipinski definition) is 1. The Labute approximate surface area is 116 Å². The van der Waals surface area contributed by atoms with Crippen molar-refractivity contribution in [1.82, 2.24) is 0 Å². The SMILES string of the molecule is Cc1ccc(F)c(NC(=O)C2(C#N)CCCCC2)c1F. The summed E-state index contributed by atoms with van der Waals surface area (Å²) in [6.45, 7) is 1.49.